The van der Waals surface area contributed by atoms with Gasteiger partial charge >= 0.3 is 0 Å². The fourth-order valence-corrected chi connectivity index (χ4v) is 1.64. The fraction of sp³-hybridized carbons (Fsp3) is 0.455. The van der Waals surface area contributed by atoms with Gasteiger partial charge in [-0.15, -0.1) is 0 Å². The number of hydrogen-bond donors (Lipinski definition) is 1. The average Bonchev–Trinajstić information content (AvgIpc) is 2.37. The molecule has 2 rings (SSSR count). The van der Waals surface area contributed by atoms with Crippen LogP contribution in [0.5, 0.6) is 0 Å². The maximum Gasteiger partial charge on any atom is 0.270 e. The predicted molar refractivity (Wildman–Crippen MR) is 62.1 cm³/mol. The molecule has 1 N–H and O–H groups in total. The van der Waals surface area contributed by atoms with Crippen molar-refractivity contribution in [3.63, 3.8) is 0 Å². The van der Waals surface area contributed by atoms with E-state index in [0.717, 1.165) is 0 Å². The lowest BCUT2D eigenvalue weighted by Gasteiger charge is -2.22. The third kappa shape index (κ3) is 3.66. The number of ether oxygens (including phenoxy) is 2. The van der Waals surface area contributed by atoms with Crippen molar-refractivity contribution < 1.29 is 14.3 Å². The first kappa shape index (κ1) is 12.3. The number of halogens is 1. The van der Waals surface area contributed by atoms with Crippen LogP contribution in [0.2, 0.25) is 5.02 Å². The molecule has 6 heteroatoms. The minimum absolute atomic E-state index is 0.0908. The zero-order valence-electron chi connectivity index (χ0n) is 9.19. The monoisotopic (exact) mass is 256 g/mol. The zero-order chi connectivity index (χ0) is 12.1. The SMILES string of the molecule is O=C(NCC1COCCO1)c1cc(Cl)ccn1. The molecule has 1 unspecified atom stereocenters. The van der Waals surface area contributed by atoms with Gasteiger partial charge in [0.1, 0.15) is 5.69 Å². The summed E-state index contributed by atoms with van der Waals surface area (Å²) in [5, 5.41) is 3.22. The first-order valence-electron chi connectivity index (χ1n) is 5.35. The molecular formula is C11H13ClN2O3. The van der Waals surface area contributed by atoms with Crippen LogP contribution in [0.15, 0.2) is 18.3 Å². The number of nitrogens with one attached hydrogen (secondary N) is 1. The van der Waals surface area contributed by atoms with E-state index in [9.17, 15) is 4.79 Å². The summed E-state index contributed by atoms with van der Waals surface area (Å²) in [4.78, 5) is 15.6. The van der Waals surface area contributed by atoms with Crippen LogP contribution in [0.25, 0.3) is 0 Å². The van der Waals surface area contributed by atoms with E-state index in [1.807, 2.05) is 0 Å². The molecule has 17 heavy (non-hydrogen) atoms. The molecule has 1 atom stereocenters. The number of hydrogen-bond acceptors (Lipinski definition) is 4. The number of aromatic nitrogens is 1. The van der Waals surface area contributed by atoms with Gasteiger partial charge in [0.15, 0.2) is 0 Å². The Bertz CT molecular complexity index is 394. The lowest BCUT2D eigenvalue weighted by molar-refractivity contribution is -0.0855. The Hall–Kier alpha value is -1.17. The normalized spacial score (nSPS) is 19.9. The van der Waals surface area contributed by atoms with Gasteiger partial charge in [0.2, 0.25) is 0 Å². The van der Waals surface area contributed by atoms with Gasteiger partial charge in [0.05, 0.1) is 25.9 Å². The lowest BCUT2D eigenvalue weighted by Crippen LogP contribution is -2.39. The maximum atomic E-state index is 11.7. The Labute approximate surface area is 104 Å². The molecule has 0 saturated carbocycles. The zero-order valence-corrected chi connectivity index (χ0v) is 9.94. The highest BCUT2D eigenvalue weighted by molar-refractivity contribution is 6.30. The summed E-state index contributed by atoms with van der Waals surface area (Å²) in [5.74, 6) is -0.262. The van der Waals surface area contributed by atoms with E-state index in [1.165, 1.54) is 12.3 Å². The van der Waals surface area contributed by atoms with Gasteiger partial charge in [0.25, 0.3) is 5.91 Å². The maximum absolute atomic E-state index is 11.7. The van der Waals surface area contributed by atoms with Crippen LogP contribution in [-0.2, 0) is 9.47 Å². The molecular weight excluding hydrogens is 244 g/mol. The third-order valence-corrected chi connectivity index (χ3v) is 2.56. The highest BCUT2D eigenvalue weighted by Gasteiger charge is 2.16. The third-order valence-electron chi connectivity index (χ3n) is 2.33. The lowest BCUT2D eigenvalue weighted by atomic mass is 10.3. The molecule has 1 aliphatic rings. The molecule has 1 aliphatic heterocycles. The van der Waals surface area contributed by atoms with Gasteiger partial charge in [-0.05, 0) is 12.1 Å². The van der Waals surface area contributed by atoms with E-state index in [-0.39, 0.29) is 12.0 Å². The van der Waals surface area contributed by atoms with Crippen LogP contribution in [0.1, 0.15) is 10.5 Å². The van der Waals surface area contributed by atoms with E-state index >= 15 is 0 Å². The van der Waals surface area contributed by atoms with Gasteiger partial charge in [-0.3, -0.25) is 9.78 Å². The second-order valence-corrected chi connectivity index (χ2v) is 4.07. The predicted octanol–water partition coefficient (Wildman–Crippen LogP) is 0.880. The van der Waals surface area contributed by atoms with Crippen molar-refractivity contribution in [2.24, 2.45) is 0 Å². The van der Waals surface area contributed by atoms with Gasteiger partial charge in [0, 0.05) is 17.8 Å². The first-order chi connectivity index (χ1) is 8.25. The average molecular weight is 257 g/mol. The van der Waals surface area contributed by atoms with Crippen molar-refractivity contribution in [2.45, 2.75) is 6.10 Å². The van der Waals surface area contributed by atoms with Crippen molar-refractivity contribution in [1.82, 2.24) is 10.3 Å². The molecule has 92 valence electrons. The van der Waals surface area contributed by atoms with Crippen LogP contribution in [0.3, 0.4) is 0 Å². The van der Waals surface area contributed by atoms with E-state index in [1.54, 1.807) is 6.07 Å². The summed E-state index contributed by atoms with van der Waals surface area (Å²) >= 11 is 5.77. The van der Waals surface area contributed by atoms with Crippen molar-refractivity contribution in [3.05, 3.63) is 29.0 Å². The second-order valence-electron chi connectivity index (χ2n) is 3.64. The number of carbonyl (C=O) groups is 1. The highest BCUT2D eigenvalue weighted by atomic mass is 35.5. The van der Waals surface area contributed by atoms with Gasteiger partial charge in [-0.25, -0.2) is 0 Å². The molecule has 1 amide bonds. The second kappa shape index (κ2) is 5.95. The number of carbonyl (C=O) groups excluding carboxylic acids is 1. The quantitative estimate of drug-likeness (QED) is 0.872. The minimum atomic E-state index is -0.262. The molecule has 2 heterocycles. The molecule has 0 bridgehead atoms. The molecule has 1 aromatic rings. The van der Waals surface area contributed by atoms with E-state index in [4.69, 9.17) is 21.1 Å². The van der Waals surface area contributed by atoms with E-state index in [2.05, 4.69) is 10.3 Å². The molecule has 1 saturated heterocycles. The van der Waals surface area contributed by atoms with Crippen LogP contribution in [-0.4, -0.2) is 43.4 Å². The largest absolute Gasteiger partial charge is 0.376 e. The molecule has 5 nitrogen and oxygen atoms in total. The van der Waals surface area contributed by atoms with Crippen molar-refractivity contribution >= 4 is 17.5 Å². The van der Waals surface area contributed by atoms with Crippen LogP contribution < -0.4 is 5.32 Å². The molecule has 0 radical (unpaired) electrons. The minimum Gasteiger partial charge on any atom is -0.376 e. The Morgan fingerprint density at radius 3 is 3.18 bits per heavy atom. The summed E-state index contributed by atoms with van der Waals surface area (Å²) in [5.41, 5.74) is 0.300. The summed E-state index contributed by atoms with van der Waals surface area (Å²) in [6.45, 7) is 2.09. The van der Waals surface area contributed by atoms with Crippen molar-refractivity contribution in [3.8, 4) is 0 Å². The Morgan fingerprint density at radius 1 is 1.59 bits per heavy atom. The number of nitrogens with zero attached hydrogens (tertiary/aromatic N) is 1. The standard InChI is InChI=1S/C11H13ClN2O3/c12-8-1-2-13-10(5-8)11(15)14-6-9-7-16-3-4-17-9/h1-2,5,9H,3-4,6-7H2,(H,14,15). The smallest absolute Gasteiger partial charge is 0.270 e. The summed E-state index contributed by atoms with van der Waals surface area (Å²) < 4.78 is 10.6. The fourth-order valence-electron chi connectivity index (χ4n) is 1.48. The van der Waals surface area contributed by atoms with Gasteiger partial charge in [-0.1, -0.05) is 11.6 Å². The van der Waals surface area contributed by atoms with E-state index < -0.39 is 0 Å². The van der Waals surface area contributed by atoms with Gasteiger partial charge in [-0.2, -0.15) is 0 Å². The summed E-state index contributed by atoms with van der Waals surface area (Å²) in [6.07, 6.45) is 1.41. The number of pyridine rings is 1. The Balaban J connectivity index is 1.84. The first-order valence-corrected chi connectivity index (χ1v) is 5.72. The van der Waals surface area contributed by atoms with Crippen molar-refractivity contribution in [2.75, 3.05) is 26.4 Å². The molecule has 0 spiro atoms. The highest BCUT2D eigenvalue weighted by Crippen LogP contribution is 2.08. The number of amides is 1. The molecule has 0 aromatic carbocycles. The number of rotatable bonds is 3. The topological polar surface area (TPSA) is 60.5 Å². The Morgan fingerprint density at radius 2 is 2.47 bits per heavy atom. The summed E-state index contributed by atoms with van der Waals surface area (Å²) in [7, 11) is 0. The van der Waals surface area contributed by atoms with Gasteiger partial charge < -0.3 is 14.8 Å². The van der Waals surface area contributed by atoms with Crippen LogP contribution in [0, 0.1) is 0 Å². The molecule has 1 fully saturated rings. The van der Waals surface area contributed by atoms with Crippen molar-refractivity contribution in [1.29, 1.82) is 0 Å². The Kier molecular flexibility index (Phi) is 4.30. The van der Waals surface area contributed by atoms with E-state index in [0.29, 0.717) is 37.1 Å². The summed E-state index contributed by atoms with van der Waals surface area (Å²) in [6, 6.07) is 3.14. The van der Waals surface area contributed by atoms with Crippen LogP contribution >= 0.6 is 11.6 Å². The molecule has 0 aliphatic carbocycles. The van der Waals surface area contributed by atoms with Crippen LogP contribution in [0.4, 0.5) is 0 Å². The molecule has 1 aromatic heterocycles.